The van der Waals surface area contributed by atoms with Crippen LogP contribution in [0.2, 0.25) is 0 Å². The Labute approximate surface area is 107 Å². The first-order chi connectivity index (χ1) is 8.31. The van der Waals surface area contributed by atoms with Gasteiger partial charge in [-0.05, 0) is 58.8 Å². The highest BCUT2D eigenvalue weighted by Gasteiger charge is 2.30. The molecule has 2 aliphatic rings. The molecule has 0 amide bonds. The van der Waals surface area contributed by atoms with E-state index in [0.29, 0.717) is 0 Å². The maximum Gasteiger partial charge on any atom is 0.0235 e. The summed E-state index contributed by atoms with van der Waals surface area (Å²) in [5.41, 5.74) is 0. The fourth-order valence-corrected chi connectivity index (χ4v) is 3.24. The number of rotatable bonds is 6. The minimum Gasteiger partial charge on any atom is -0.317 e. The van der Waals surface area contributed by atoms with E-state index in [4.69, 9.17) is 0 Å². The molecule has 2 atom stereocenters. The molecule has 0 radical (unpaired) electrons. The van der Waals surface area contributed by atoms with Crippen molar-refractivity contribution in [1.29, 1.82) is 0 Å². The molecule has 2 saturated heterocycles. The van der Waals surface area contributed by atoms with Gasteiger partial charge in [-0.15, -0.1) is 0 Å². The van der Waals surface area contributed by atoms with Crippen LogP contribution in [0.3, 0.4) is 0 Å². The quantitative estimate of drug-likeness (QED) is 0.710. The average molecular weight is 239 g/mol. The second-order valence-corrected chi connectivity index (χ2v) is 5.67. The molecular weight excluding hydrogens is 210 g/mol. The van der Waals surface area contributed by atoms with Gasteiger partial charge in [-0.3, -0.25) is 9.80 Å². The standard InChI is InChI=1S/C14H29N3/c1-3-15-8-6-13(2)17-11-7-14(12-17)16-9-4-5-10-16/h13-15H,3-12H2,1-2H3. The Bertz CT molecular complexity index is 214. The van der Waals surface area contributed by atoms with Crippen LogP contribution < -0.4 is 5.32 Å². The molecule has 100 valence electrons. The van der Waals surface area contributed by atoms with Gasteiger partial charge in [-0.2, -0.15) is 0 Å². The molecule has 2 heterocycles. The predicted octanol–water partition coefficient (Wildman–Crippen LogP) is 1.54. The van der Waals surface area contributed by atoms with Gasteiger partial charge in [-0.25, -0.2) is 0 Å². The topological polar surface area (TPSA) is 18.5 Å². The van der Waals surface area contributed by atoms with Gasteiger partial charge >= 0.3 is 0 Å². The second-order valence-electron chi connectivity index (χ2n) is 5.67. The summed E-state index contributed by atoms with van der Waals surface area (Å²) in [5, 5.41) is 3.43. The fourth-order valence-electron chi connectivity index (χ4n) is 3.24. The van der Waals surface area contributed by atoms with Crippen molar-refractivity contribution < 1.29 is 0 Å². The van der Waals surface area contributed by atoms with E-state index in [2.05, 4.69) is 29.0 Å². The van der Waals surface area contributed by atoms with E-state index in [1.165, 1.54) is 58.4 Å². The van der Waals surface area contributed by atoms with Crippen molar-refractivity contribution in [3.63, 3.8) is 0 Å². The van der Waals surface area contributed by atoms with Crippen molar-refractivity contribution in [2.45, 2.75) is 51.6 Å². The molecule has 2 rings (SSSR count). The molecule has 2 unspecified atom stereocenters. The molecule has 2 fully saturated rings. The maximum absolute atomic E-state index is 3.43. The molecule has 0 bridgehead atoms. The van der Waals surface area contributed by atoms with Crippen LogP contribution in [-0.2, 0) is 0 Å². The van der Waals surface area contributed by atoms with E-state index in [9.17, 15) is 0 Å². The summed E-state index contributed by atoms with van der Waals surface area (Å²) in [7, 11) is 0. The molecule has 1 N–H and O–H groups in total. The Balaban J connectivity index is 1.69. The van der Waals surface area contributed by atoms with Crippen LogP contribution in [0.25, 0.3) is 0 Å². The van der Waals surface area contributed by atoms with Crippen LogP contribution in [-0.4, -0.2) is 61.2 Å². The lowest BCUT2D eigenvalue weighted by atomic mass is 10.2. The van der Waals surface area contributed by atoms with Gasteiger partial charge < -0.3 is 5.32 Å². The molecule has 3 nitrogen and oxygen atoms in total. The van der Waals surface area contributed by atoms with Crippen molar-refractivity contribution >= 4 is 0 Å². The fraction of sp³-hybridized carbons (Fsp3) is 1.00. The summed E-state index contributed by atoms with van der Waals surface area (Å²) in [6.07, 6.45) is 5.53. The van der Waals surface area contributed by atoms with E-state index < -0.39 is 0 Å². The number of hydrogen-bond donors (Lipinski definition) is 1. The summed E-state index contributed by atoms with van der Waals surface area (Å²) in [6.45, 7) is 12.2. The van der Waals surface area contributed by atoms with Crippen LogP contribution in [0.5, 0.6) is 0 Å². The minimum absolute atomic E-state index is 0.752. The molecule has 2 aliphatic heterocycles. The largest absolute Gasteiger partial charge is 0.317 e. The molecule has 0 aliphatic carbocycles. The molecule has 0 aromatic rings. The summed E-state index contributed by atoms with van der Waals surface area (Å²) in [5.74, 6) is 0. The lowest BCUT2D eigenvalue weighted by Gasteiger charge is -2.27. The monoisotopic (exact) mass is 239 g/mol. The zero-order chi connectivity index (χ0) is 12.1. The summed E-state index contributed by atoms with van der Waals surface area (Å²) in [4.78, 5) is 5.41. The van der Waals surface area contributed by atoms with Gasteiger partial charge in [-0.1, -0.05) is 6.92 Å². The Hall–Kier alpha value is -0.120. The second kappa shape index (κ2) is 6.72. The van der Waals surface area contributed by atoms with Gasteiger partial charge in [0.1, 0.15) is 0 Å². The van der Waals surface area contributed by atoms with Crippen molar-refractivity contribution in [3.05, 3.63) is 0 Å². The minimum atomic E-state index is 0.752. The number of nitrogens with one attached hydrogen (secondary N) is 1. The van der Waals surface area contributed by atoms with Crippen LogP contribution in [0.4, 0.5) is 0 Å². The highest BCUT2D eigenvalue weighted by molar-refractivity contribution is 4.87. The average Bonchev–Trinajstić information content (AvgIpc) is 3.00. The third kappa shape index (κ3) is 3.67. The third-order valence-corrected chi connectivity index (χ3v) is 4.46. The Morgan fingerprint density at radius 2 is 2.00 bits per heavy atom. The SMILES string of the molecule is CCNCCC(C)N1CCC(N2CCCC2)C1. The van der Waals surface area contributed by atoms with Gasteiger partial charge in [0.15, 0.2) is 0 Å². The van der Waals surface area contributed by atoms with Gasteiger partial charge in [0, 0.05) is 25.2 Å². The number of nitrogens with zero attached hydrogens (tertiary/aromatic N) is 2. The zero-order valence-corrected chi connectivity index (χ0v) is 11.6. The molecule has 0 aromatic heterocycles. The van der Waals surface area contributed by atoms with E-state index >= 15 is 0 Å². The highest BCUT2D eigenvalue weighted by Crippen LogP contribution is 2.22. The first-order valence-electron chi connectivity index (χ1n) is 7.50. The van der Waals surface area contributed by atoms with Crippen molar-refractivity contribution in [2.75, 3.05) is 39.3 Å². The molecule has 17 heavy (non-hydrogen) atoms. The van der Waals surface area contributed by atoms with Crippen molar-refractivity contribution in [1.82, 2.24) is 15.1 Å². The first-order valence-corrected chi connectivity index (χ1v) is 7.50. The van der Waals surface area contributed by atoms with E-state index in [-0.39, 0.29) is 0 Å². The molecular formula is C14H29N3. The van der Waals surface area contributed by atoms with E-state index in [1.54, 1.807) is 0 Å². The van der Waals surface area contributed by atoms with Crippen LogP contribution in [0, 0.1) is 0 Å². The van der Waals surface area contributed by atoms with Crippen LogP contribution >= 0.6 is 0 Å². The van der Waals surface area contributed by atoms with Gasteiger partial charge in [0.25, 0.3) is 0 Å². The first kappa shape index (κ1) is 13.3. The summed E-state index contributed by atoms with van der Waals surface area (Å²) < 4.78 is 0. The number of hydrogen-bond acceptors (Lipinski definition) is 3. The van der Waals surface area contributed by atoms with Gasteiger partial charge in [0.2, 0.25) is 0 Å². The van der Waals surface area contributed by atoms with Gasteiger partial charge in [0.05, 0.1) is 0 Å². The molecule has 0 saturated carbocycles. The van der Waals surface area contributed by atoms with Crippen LogP contribution in [0.1, 0.15) is 39.5 Å². The molecule has 3 heteroatoms. The normalized spacial score (nSPS) is 28.9. The van der Waals surface area contributed by atoms with Crippen molar-refractivity contribution in [3.8, 4) is 0 Å². The van der Waals surface area contributed by atoms with E-state index in [1.807, 2.05) is 0 Å². The van der Waals surface area contributed by atoms with E-state index in [0.717, 1.165) is 18.6 Å². The number of likely N-dealkylation sites (tertiary alicyclic amines) is 2. The summed E-state index contributed by atoms with van der Waals surface area (Å²) in [6, 6.07) is 1.61. The van der Waals surface area contributed by atoms with Crippen LogP contribution in [0.15, 0.2) is 0 Å². The summed E-state index contributed by atoms with van der Waals surface area (Å²) >= 11 is 0. The predicted molar refractivity (Wildman–Crippen MR) is 73.4 cm³/mol. The van der Waals surface area contributed by atoms with Crippen molar-refractivity contribution in [2.24, 2.45) is 0 Å². The Morgan fingerprint density at radius 1 is 1.24 bits per heavy atom. The lowest BCUT2D eigenvalue weighted by Crippen LogP contribution is -2.38. The Kier molecular flexibility index (Phi) is 5.26. The third-order valence-electron chi connectivity index (χ3n) is 4.46. The highest BCUT2D eigenvalue weighted by atomic mass is 15.3. The zero-order valence-electron chi connectivity index (χ0n) is 11.6. The Morgan fingerprint density at radius 3 is 2.71 bits per heavy atom. The maximum atomic E-state index is 3.43. The lowest BCUT2D eigenvalue weighted by molar-refractivity contribution is 0.201. The molecule has 0 spiro atoms. The molecule has 0 aromatic carbocycles. The smallest absolute Gasteiger partial charge is 0.0235 e.